The topological polar surface area (TPSA) is 82.3 Å². The van der Waals surface area contributed by atoms with Gasteiger partial charge in [-0.2, -0.15) is 5.10 Å². The fourth-order valence-electron chi connectivity index (χ4n) is 4.47. The van der Waals surface area contributed by atoms with Crippen LogP contribution in [0.4, 0.5) is 4.39 Å². The van der Waals surface area contributed by atoms with Gasteiger partial charge in [-0.1, -0.05) is 31.2 Å². The lowest BCUT2D eigenvalue weighted by molar-refractivity contribution is 0.628. The van der Waals surface area contributed by atoms with Crippen LogP contribution in [0.25, 0.3) is 55.6 Å². The molecule has 7 heteroatoms. The van der Waals surface area contributed by atoms with Gasteiger partial charge in [0.25, 0.3) is 0 Å². The molecule has 4 aromatic heterocycles. The van der Waals surface area contributed by atoms with E-state index < -0.39 is 0 Å². The monoisotopic (exact) mass is 462 g/mol. The van der Waals surface area contributed by atoms with E-state index in [4.69, 9.17) is 0 Å². The molecule has 0 aliphatic carbocycles. The zero-order valence-corrected chi connectivity index (χ0v) is 19.1. The van der Waals surface area contributed by atoms with Gasteiger partial charge in [0.15, 0.2) is 5.65 Å². The summed E-state index contributed by atoms with van der Waals surface area (Å²) in [7, 11) is 0. The highest BCUT2D eigenvalue weighted by Gasteiger charge is 2.15. The fraction of sp³-hybridized carbons (Fsp3) is 0.107. The van der Waals surface area contributed by atoms with Crippen molar-refractivity contribution in [2.75, 3.05) is 6.54 Å². The molecule has 0 saturated carbocycles. The third kappa shape index (κ3) is 3.96. The summed E-state index contributed by atoms with van der Waals surface area (Å²) in [6.45, 7) is 3.76. The van der Waals surface area contributed by atoms with E-state index in [9.17, 15) is 4.39 Å². The van der Waals surface area contributed by atoms with Crippen LogP contribution in [0, 0.1) is 5.82 Å². The summed E-state index contributed by atoms with van der Waals surface area (Å²) in [6, 6.07) is 19.0. The summed E-state index contributed by atoms with van der Waals surface area (Å²) >= 11 is 0. The standard InChI is InChI=1S/C28H23FN6/c1-2-30-13-17-9-19(15-31-14-17)20-11-24-27(34-35-28(24)32-16-20)26-12-23-22(7-4-8-25(23)33-26)18-5-3-6-21(29)10-18/h3-12,14-16,30,33H,2,13H2,1H3,(H,32,34,35). The first-order valence-electron chi connectivity index (χ1n) is 11.6. The normalized spacial score (nSPS) is 11.5. The van der Waals surface area contributed by atoms with Gasteiger partial charge in [-0.05, 0) is 59.6 Å². The molecular formula is C28H23FN6. The number of nitrogens with one attached hydrogen (secondary N) is 3. The van der Waals surface area contributed by atoms with E-state index in [2.05, 4.69) is 55.6 Å². The maximum Gasteiger partial charge on any atom is 0.181 e. The smallest absolute Gasteiger partial charge is 0.181 e. The third-order valence-electron chi connectivity index (χ3n) is 6.19. The Morgan fingerprint density at radius 2 is 1.77 bits per heavy atom. The van der Waals surface area contributed by atoms with Crippen LogP contribution < -0.4 is 5.32 Å². The highest BCUT2D eigenvalue weighted by Crippen LogP contribution is 2.35. The average Bonchev–Trinajstić information content (AvgIpc) is 3.51. The molecule has 6 nitrogen and oxygen atoms in total. The van der Waals surface area contributed by atoms with Crippen LogP contribution in [0.15, 0.2) is 79.3 Å². The van der Waals surface area contributed by atoms with Gasteiger partial charge in [0.2, 0.25) is 0 Å². The summed E-state index contributed by atoms with van der Waals surface area (Å²) in [5.74, 6) is -0.252. The number of aromatic amines is 2. The summed E-state index contributed by atoms with van der Waals surface area (Å²) in [5, 5.41) is 12.8. The molecule has 0 spiro atoms. The van der Waals surface area contributed by atoms with E-state index in [0.29, 0.717) is 5.65 Å². The van der Waals surface area contributed by atoms with Crippen LogP contribution in [0.1, 0.15) is 12.5 Å². The van der Waals surface area contributed by atoms with E-state index in [1.807, 2.05) is 42.9 Å². The van der Waals surface area contributed by atoms with Gasteiger partial charge in [0.05, 0.1) is 11.4 Å². The van der Waals surface area contributed by atoms with Crippen molar-refractivity contribution in [3.8, 4) is 33.6 Å². The van der Waals surface area contributed by atoms with Gasteiger partial charge in [-0.3, -0.25) is 10.1 Å². The Morgan fingerprint density at radius 3 is 2.66 bits per heavy atom. The number of hydrogen-bond acceptors (Lipinski definition) is 4. The van der Waals surface area contributed by atoms with Crippen LogP contribution >= 0.6 is 0 Å². The van der Waals surface area contributed by atoms with Gasteiger partial charge in [-0.25, -0.2) is 9.37 Å². The van der Waals surface area contributed by atoms with Crippen LogP contribution in [-0.4, -0.2) is 31.7 Å². The lowest BCUT2D eigenvalue weighted by Gasteiger charge is -2.06. The molecule has 35 heavy (non-hydrogen) atoms. The third-order valence-corrected chi connectivity index (χ3v) is 6.19. The second kappa shape index (κ2) is 8.77. The van der Waals surface area contributed by atoms with Gasteiger partial charge < -0.3 is 10.3 Å². The summed E-state index contributed by atoms with van der Waals surface area (Å²) in [4.78, 5) is 12.5. The number of halogens is 1. The van der Waals surface area contributed by atoms with E-state index in [0.717, 1.165) is 68.6 Å². The molecule has 4 heterocycles. The van der Waals surface area contributed by atoms with Crippen LogP contribution in [0.5, 0.6) is 0 Å². The number of nitrogens with zero attached hydrogens (tertiary/aromatic N) is 3. The van der Waals surface area contributed by atoms with Gasteiger partial charge >= 0.3 is 0 Å². The van der Waals surface area contributed by atoms with Gasteiger partial charge in [-0.15, -0.1) is 0 Å². The van der Waals surface area contributed by atoms with Crippen molar-refractivity contribution in [1.82, 2.24) is 30.5 Å². The Morgan fingerprint density at radius 1 is 0.886 bits per heavy atom. The lowest BCUT2D eigenvalue weighted by atomic mass is 10.0. The first-order valence-corrected chi connectivity index (χ1v) is 11.6. The van der Waals surface area contributed by atoms with Crippen molar-refractivity contribution in [2.45, 2.75) is 13.5 Å². The number of fused-ring (bicyclic) bond motifs is 2. The molecule has 0 amide bonds. The van der Waals surface area contributed by atoms with Gasteiger partial charge in [0, 0.05) is 52.6 Å². The highest BCUT2D eigenvalue weighted by atomic mass is 19.1. The quantitative estimate of drug-likeness (QED) is 0.280. The van der Waals surface area contributed by atoms with E-state index in [1.165, 1.54) is 6.07 Å². The van der Waals surface area contributed by atoms with Crippen molar-refractivity contribution < 1.29 is 4.39 Å². The molecule has 0 aliphatic rings. The molecule has 172 valence electrons. The number of hydrogen-bond donors (Lipinski definition) is 3. The number of pyridine rings is 2. The molecule has 0 aliphatic heterocycles. The predicted molar refractivity (Wildman–Crippen MR) is 137 cm³/mol. The van der Waals surface area contributed by atoms with Gasteiger partial charge in [0.1, 0.15) is 5.82 Å². The first kappa shape index (κ1) is 21.2. The van der Waals surface area contributed by atoms with Crippen molar-refractivity contribution >= 4 is 21.9 Å². The molecule has 0 saturated heterocycles. The van der Waals surface area contributed by atoms with Crippen molar-refractivity contribution in [2.24, 2.45) is 0 Å². The molecule has 0 bridgehead atoms. The maximum atomic E-state index is 13.9. The second-order valence-corrected chi connectivity index (χ2v) is 8.52. The molecule has 0 unspecified atom stereocenters. The maximum absolute atomic E-state index is 13.9. The van der Waals surface area contributed by atoms with Crippen molar-refractivity contribution in [3.05, 3.63) is 90.6 Å². The molecule has 0 fully saturated rings. The Labute approximate surface area is 201 Å². The lowest BCUT2D eigenvalue weighted by Crippen LogP contribution is -2.11. The number of rotatable bonds is 6. The number of H-pyrrole nitrogens is 2. The molecule has 3 N–H and O–H groups in total. The zero-order valence-electron chi connectivity index (χ0n) is 19.1. The van der Waals surface area contributed by atoms with E-state index in [-0.39, 0.29) is 5.82 Å². The highest BCUT2D eigenvalue weighted by molar-refractivity contribution is 6.01. The minimum atomic E-state index is -0.252. The Hall–Kier alpha value is -4.36. The van der Waals surface area contributed by atoms with E-state index >= 15 is 0 Å². The van der Waals surface area contributed by atoms with Crippen molar-refractivity contribution in [1.29, 1.82) is 0 Å². The van der Waals surface area contributed by atoms with Crippen LogP contribution in [0.2, 0.25) is 0 Å². The molecule has 2 aromatic carbocycles. The Kier molecular flexibility index (Phi) is 5.31. The summed E-state index contributed by atoms with van der Waals surface area (Å²) < 4.78 is 13.9. The largest absolute Gasteiger partial charge is 0.353 e. The van der Waals surface area contributed by atoms with Crippen LogP contribution in [-0.2, 0) is 6.54 Å². The molecule has 6 rings (SSSR count). The van der Waals surface area contributed by atoms with E-state index in [1.54, 1.807) is 12.1 Å². The number of aromatic nitrogens is 5. The molecule has 0 atom stereocenters. The first-order chi connectivity index (χ1) is 17.2. The average molecular weight is 463 g/mol. The SMILES string of the molecule is CCNCc1cncc(-c2cnc3n[nH]c(-c4cc5c(-c6cccc(F)c6)cccc5[nH]4)c3c2)c1. The molecule has 6 aromatic rings. The number of benzene rings is 2. The Bertz CT molecular complexity index is 1670. The zero-order chi connectivity index (χ0) is 23.8. The molecular weight excluding hydrogens is 439 g/mol. The van der Waals surface area contributed by atoms with Crippen LogP contribution in [0.3, 0.4) is 0 Å². The predicted octanol–water partition coefficient (Wildman–Crippen LogP) is 6.08. The summed E-state index contributed by atoms with van der Waals surface area (Å²) in [5.41, 5.74) is 8.27. The second-order valence-electron chi connectivity index (χ2n) is 8.52. The summed E-state index contributed by atoms with van der Waals surface area (Å²) in [6.07, 6.45) is 5.56. The van der Waals surface area contributed by atoms with Crippen molar-refractivity contribution in [3.63, 3.8) is 0 Å². The molecule has 0 radical (unpaired) electrons. The Balaban J connectivity index is 1.44. The fourth-order valence-corrected chi connectivity index (χ4v) is 4.47. The minimum absolute atomic E-state index is 0.252. The minimum Gasteiger partial charge on any atom is -0.353 e.